The number of hydrogen-bond acceptors (Lipinski definition) is 4. The van der Waals surface area contributed by atoms with Crippen molar-refractivity contribution in [2.75, 3.05) is 5.32 Å². The number of anilines is 1. The van der Waals surface area contributed by atoms with Gasteiger partial charge in [0.15, 0.2) is 5.82 Å². The van der Waals surface area contributed by atoms with Gasteiger partial charge in [0.05, 0.1) is 5.69 Å². The second kappa shape index (κ2) is 4.40. The molecule has 0 fully saturated rings. The highest BCUT2D eigenvalue weighted by molar-refractivity contribution is 6.05. The maximum Gasteiger partial charge on any atom is 0.262 e. The van der Waals surface area contributed by atoms with E-state index in [1.807, 2.05) is 6.92 Å². The molecule has 2 aromatic rings. The summed E-state index contributed by atoms with van der Waals surface area (Å²) in [6.45, 7) is 5.44. The van der Waals surface area contributed by atoms with E-state index in [0.29, 0.717) is 22.8 Å². The third kappa shape index (κ3) is 2.20. The maximum atomic E-state index is 11.9. The smallest absolute Gasteiger partial charge is 0.262 e. The normalized spacial score (nSPS) is 10.5. The molecule has 0 atom stereocenters. The molecule has 0 saturated carbocycles. The van der Waals surface area contributed by atoms with E-state index in [4.69, 9.17) is 4.52 Å². The van der Waals surface area contributed by atoms with E-state index in [-0.39, 0.29) is 5.91 Å². The Kier molecular flexibility index (Phi) is 2.95. The van der Waals surface area contributed by atoms with Gasteiger partial charge in [-0.1, -0.05) is 12.1 Å². The van der Waals surface area contributed by atoms with Crippen molar-refractivity contribution in [3.05, 3.63) is 28.8 Å². The van der Waals surface area contributed by atoms with Crippen LogP contribution in [0.25, 0.3) is 0 Å². The van der Waals surface area contributed by atoms with Gasteiger partial charge in [0.1, 0.15) is 11.3 Å². The number of H-pyrrole nitrogens is 1. The van der Waals surface area contributed by atoms with E-state index in [9.17, 15) is 4.79 Å². The van der Waals surface area contributed by atoms with Crippen LogP contribution in [0, 0.1) is 13.8 Å². The van der Waals surface area contributed by atoms with Gasteiger partial charge in [0, 0.05) is 11.8 Å². The summed E-state index contributed by atoms with van der Waals surface area (Å²) in [4.78, 5) is 11.9. The first-order chi connectivity index (χ1) is 8.11. The van der Waals surface area contributed by atoms with Crippen LogP contribution in [0.4, 0.5) is 5.82 Å². The largest absolute Gasteiger partial charge is 0.361 e. The predicted octanol–water partition coefficient (Wildman–Crippen LogP) is 1.83. The Hall–Kier alpha value is -2.11. The molecule has 0 saturated heterocycles. The van der Waals surface area contributed by atoms with Crippen LogP contribution in [0.2, 0.25) is 0 Å². The molecule has 0 aliphatic rings. The van der Waals surface area contributed by atoms with Gasteiger partial charge in [-0.05, 0) is 20.3 Å². The topological polar surface area (TPSA) is 83.8 Å². The van der Waals surface area contributed by atoms with Crippen molar-refractivity contribution in [2.45, 2.75) is 27.2 Å². The van der Waals surface area contributed by atoms with Gasteiger partial charge in [0.25, 0.3) is 5.91 Å². The fraction of sp³-hybridized carbons (Fsp3) is 0.364. The lowest BCUT2D eigenvalue weighted by atomic mass is 10.2. The lowest BCUT2D eigenvalue weighted by molar-refractivity contribution is 0.102. The van der Waals surface area contributed by atoms with Crippen molar-refractivity contribution in [3.8, 4) is 0 Å². The molecule has 0 aliphatic carbocycles. The zero-order valence-corrected chi connectivity index (χ0v) is 10.00. The highest BCUT2D eigenvalue weighted by Gasteiger charge is 2.18. The Balaban J connectivity index is 2.17. The minimum Gasteiger partial charge on any atom is -0.361 e. The first kappa shape index (κ1) is 11.4. The van der Waals surface area contributed by atoms with Crippen LogP contribution in [-0.2, 0) is 6.42 Å². The lowest BCUT2D eigenvalue weighted by Crippen LogP contribution is -2.13. The molecule has 0 bridgehead atoms. The van der Waals surface area contributed by atoms with Gasteiger partial charge in [0.2, 0.25) is 0 Å². The predicted molar refractivity (Wildman–Crippen MR) is 61.9 cm³/mol. The molecule has 1 amide bonds. The maximum absolute atomic E-state index is 11.9. The fourth-order valence-electron chi connectivity index (χ4n) is 1.59. The molecule has 0 spiro atoms. The highest BCUT2D eigenvalue weighted by atomic mass is 16.5. The Morgan fingerprint density at radius 2 is 2.29 bits per heavy atom. The van der Waals surface area contributed by atoms with Gasteiger partial charge in [-0.25, -0.2) is 0 Å². The number of nitrogens with zero attached hydrogens (tertiary/aromatic N) is 2. The summed E-state index contributed by atoms with van der Waals surface area (Å²) >= 11 is 0. The number of hydrogen-bond donors (Lipinski definition) is 2. The van der Waals surface area contributed by atoms with Crippen molar-refractivity contribution >= 4 is 11.7 Å². The number of rotatable bonds is 3. The number of carbonyl (C=O) groups excluding carboxylic acids is 1. The van der Waals surface area contributed by atoms with E-state index in [0.717, 1.165) is 12.1 Å². The van der Waals surface area contributed by atoms with Crippen LogP contribution in [0.5, 0.6) is 0 Å². The molecule has 6 heteroatoms. The van der Waals surface area contributed by atoms with Gasteiger partial charge in [-0.2, -0.15) is 5.10 Å². The molecular weight excluding hydrogens is 220 g/mol. The summed E-state index contributed by atoms with van der Waals surface area (Å²) in [5, 5.41) is 13.3. The van der Waals surface area contributed by atoms with Crippen molar-refractivity contribution in [3.63, 3.8) is 0 Å². The van der Waals surface area contributed by atoms with E-state index < -0.39 is 0 Å². The average molecular weight is 234 g/mol. The quantitative estimate of drug-likeness (QED) is 0.848. The van der Waals surface area contributed by atoms with Crippen LogP contribution < -0.4 is 5.32 Å². The number of aromatic amines is 1. The van der Waals surface area contributed by atoms with Crippen molar-refractivity contribution in [1.29, 1.82) is 0 Å². The zero-order chi connectivity index (χ0) is 12.4. The molecule has 2 aromatic heterocycles. The van der Waals surface area contributed by atoms with Crippen molar-refractivity contribution < 1.29 is 9.32 Å². The van der Waals surface area contributed by atoms with Gasteiger partial charge >= 0.3 is 0 Å². The number of aromatic nitrogens is 3. The molecule has 0 aliphatic heterocycles. The van der Waals surface area contributed by atoms with E-state index in [2.05, 4.69) is 20.7 Å². The second-order valence-corrected chi connectivity index (χ2v) is 3.79. The Morgan fingerprint density at radius 3 is 2.82 bits per heavy atom. The molecule has 90 valence electrons. The van der Waals surface area contributed by atoms with Crippen LogP contribution in [-0.4, -0.2) is 21.3 Å². The minimum absolute atomic E-state index is 0.254. The molecule has 2 rings (SSSR count). The highest BCUT2D eigenvalue weighted by Crippen LogP contribution is 2.14. The fourth-order valence-corrected chi connectivity index (χ4v) is 1.59. The lowest BCUT2D eigenvalue weighted by Gasteiger charge is -1.99. The Labute approximate surface area is 98.4 Å². The number of amides is 1. The summed E-state index contributed by atoms with van der Waals surface area (Å²) in [6.07, 6.45) is 0.841. The molecule has 0 radical (unpaired) electrons. The number of carbonyl (C=O) groups is 1. The van der Waals surface area contributed by atoms with Crippen LogP contribution in [0.15, 0.2) is 10.6 Å². The van der Waals surface area contributed by atoms with Gasteiger partial charge < -0.3 is 9.84 Å². The third-order valence-corrected chi connectivity index (χ3v) is 2.51. The number of aryl methyl sites for hydroxylation is 3. The SMILES string of the molecule is CCc1cc(NC(=O)c2c(C)noc2C)n[nH]1. The summed E-state index contributed by atoms with van der Waals surface area (Å²) < 4.78 is 4.94. The first-order valence-electron chi connectivity index (χ1n) is 5.40. The first-order valence-corrected chi connectivity index (χ1v) is 5.40. The van der Waals surface area contributed by atoms with Crippen molar-refractivity contribution in [1.82, 2.24) is 15.4 Å². The van der Waals surface area contributed by atoms with Crippen molar-refractivity contribution in [2.24, 2.45) is 0 Å². The van der Waals surface area contributed by atoms with Gasteiger partial charge in [-0.15, -0.1) is 0 Å². The average Bonchev–Trinajstić information content (AvgIpc) is 2.86. The Bertz CT molecular complexity index is 522. The molecule has 0 aromatic carbocycles. The van der Waals surface area contributed by atoms with E-state index in [1.54, 1.807) is 19.9 Å². The summed E-state index contributed by atoms with van der Waals surface area (Å²) in [5.41, 5.74) is 2.01. The third-order valence-electron chi connectivity index (χ3n) is 2.51. The summed E-state index contributed by atoms with van der Waals surface area (Å²) in [7, 11) is 0. The summed E-state index contributed by atoms with van der Waals surface area (Å²) in [6, 6.07) is 1.80. The number of nitrogens with one attached hydrogen (secondary N) is 2. The zero-order valence-electron chi connectivity index (χ0n) is 10.00. The summed E-state index contributed by atoms with van der Waals surface area (Å²) in [5.74, 6) is 0.758. The Morgan fingerprint density at radius 1 is 1.53 bits per heavy atom. The molecule has 2 N–H and O–H groups in total. The van der Waals surface area contributed by atoms with Crippen LogP contribution >= 0.6 is 0 Å². The minimum atomic E-state index is -0.254. The van der Waals surface area contributed by atoms with E-state index >= 15 is 0 Å². The van der Waals surface area contributed by atoms with Crippen LogP contribution in [0.3, 0.4) is 0 Å². The monoisotopic (exact) mass is 234 g/mol. The van der Waals surface area contributed by atoms with Crippen LogP contribution in [0.1, 0.15) is 34.4 Å². The standard InChI is InChI=1S/C11H14N4O2/c1-4-8-5-9(14-13-8)12-11(16)10-6(2)15-17-7(10)3/h5H,4H2,1-3H3,(H2,12,13,14,16). The second-order valence-electron chi connectivity index (χ2n) is 3.79. The molecule has 2 heterocycles. The molecular formula is C11H14N4O2. The molecule has 0 unspecified atom stereocenters. The molecule has 17 heavy (non-hydrogen) atoms. The van der Waals surface area contributed by atoms with E-state index in [1.165, 1.54) is 0 Å². The molecule has 6 nitrogen and oxygen atoms in total. The van der Waals surface area contributed by atoms with Gasteiger partial charge in [-0.3, -0.25) is 9.89 Å².